The molecule has 1 aromatic carbocycles. The van der Waals surface area contributed by atoms with Gasteiger partial charge in [-0.1, -0.05) is 6.07 Å². The first-order valence-corrected chi connectivity index (χ1v) is 7.16. The van der Waals surface area contributed by atoms with E-state index in [1.807, 2.05) is 0 Å². The summed E-state index contributed by atoms with van der Waals surface area (Å²) in [6.07, 6.45) is 0. The SMILES string of the molecule is COc1cc(C)c(C(NN)c2cscc2C)cc1C. The number of aryl methyl sites for hydroxylation is 3. The molecule has 1 aromatic heterocycles. The summed E-state index contributed by atoms with van der Waals surface area (Å²) >= 11 is 1.70. The predicted octanol–water partition coefficient (Wildman–Crippen LogP) is 3.23. The van der Waals surface area contributed by atoms with E-state index in [0.29, 0.717) is 0 Å². The maximum atomic E-state index is 5.78. The third kappa shape index (κ3) is 2.66. The van der Waals surface area contributed by atoms with E-state index in [1.54, 1.807) is 18.4 Å². The summed E-state index contributed by atoms with van der Waals surface area (Å²) < 4.78 is 5.36. The van der Waals surface area contributed by atoms with Crippen LogP contribution < -0.4 is 16.0 Å². The molecule has 0 bridgehead atoms. The van der Waals surface area contributed by atoms with Crippen LogP contribution in [0.5, 0.6) is 5.75 Å². The second-order valence-corrected chi connectivity index (χ2v) is 5.53. The second kappa shape index (κ2) is 5.74. The number of benzene rings is 1. The van der Waals surface area contributed by atoms with Crippen LogP contribution in [0.25, 0.3) is 0 Å². The highest BCUT2D eigenvalue weighted by Crippen LogP contribution is 2.32. The van der Waals surface area contributed by atoms with E-state index >= 15 is 0 Å². The molecule has 3 nitrogen and oxygen atoms in total. The molecule has 0 amide bonds. The maximum absolute atomic E-state index is 5.78. The van der Waals surface area contributed by atoms with Crippen molar-refractivity contribution >= 4 is 11.3 Å². The monoisotopic (exact) mass is 276 g/mol. The van der Waals surface area contributed by atoms with Gasteiger partial charge in [-0.05, 0) is 65.4 Å². The zero-order chi connectivity index (χ0) is 14.0. The molecule has 19 heavy (non-hydrogen) atoms. The van der Waals surface area contributed by atoms with Crippen LogP contribution in [0.2, 0.25) is 0 Å². The Bertz CT molecular complexity index is 578. The van der Waals surface area contributed by atoms with Crippen LogP contribution >= 0.6 is 11.3 Å². The molecule has 102 valence electrons. The number of ether oxygens (including phenoxy) is 1. The minimum Gasteiger partial charge on any atom is -0.496 e. The summed E-state index contributed by atoms with van der Waals surface area (Å²) in [6, 6.07) is 4.24. The van der Waals surface area contributed by atoms with Crippen molar-refractivity contribution in [1.82, 2.24) is 5.43 Å². The van der Waals surface area contributed by atoms with E-state index < -0.39 is 0 Å². The fraction of sp³-hybridized carbons (Fsp3) is 0.333. The lowest BCUT2D eigenvalue weighted by atomic mass is 9.93. The summed E-state index contributed by atoms with van der Waals surface area (Å²) in [5.74, 6) is 6.69. The Morgan fingerprint density at radius 2 is 1.79 bits per heavy atom. The lowest BCUT2D eigenvalue weighted by Gasteiger charge is -2.20. The molecule has 0 spiro atoms. The number of thiophene rings is 1. The standard InChI is InChI=1S/C15H20N2OS/c1-9-6-14(18-4)10(2)5-12(9)15(17-16)13-8-19-7-11(13)3/h5-8,15,17H,16H2,1-4H3. The largest absolute Gasteiger partial charge is 0.496 e. The normalized spacial score (nSPS) is 12.5. The van der Waals surface area contributed by atoms with Gasteiger partial charge in [-0.15, -0.1) is 0 Å². The van der Waals surface area contributed by atoms with Gasteiger partial charge < -0.3 is 4.74 Å². The molecular weight excluding hydrogens is 256 g/mol. The minimum absolute atomic E-state index is 0.0239. The lowest BCUT2D eigenvalue weighted by Crippen LogP contribution is -2.29. The van der Waals surface area contributed by atoms with Gasteiger partial charge in [0.05, 0.1) is 13.2 Å². The third-order valence-electron chi connectivity index (χ3n) is 3.47. The summed E-state index contributed by atoms with van der Waals surface area (Å²) in [4.78, 5) is 0. The summed E-state index contributed by atoms with van der Waals surface area (Å²) in [5.41, 5.74) is 8.93. The summed E-state index contributed by atoms with van der Waals surface area (Å²) in [5, 5.41) is 4.30. The Labute approximate surface area is 118 Å². The molecule has 1 atom stereocenters. The maximum Gasteiger partial charge on any atom is 0.122 e. The molecule has 0 radical (unpaired) electrons. The number of nitrogens with two attached hydrogens (primary N) is 1. The van der Waals surface area contributed by atoms with Crippen molar-refractivity contribution in [3.05, 3.63) is 50.7 Å². The number of methoxy groups -OCH3 is 1. The highest BCUT2D eigenvalue weighted by atomic mass is 32.1. The fourth-order valence-electron chi connectivity index (χ4n) is 2.36. The number of hydrogen-bond donors (Lipinski definition) is 2. The van der Waals surface area contributed by atoms with Gasteiger partial charge in [0.15, 0.2) is 0 Å². The van der Waals surface area contributed by atoms with Crippen LogP contribution in [0.4, 0.5) is 0 Å². The van der Waals surface area contributed by atoms with E-state index in [-0.39, 0.29) is 6.04 Å². The Morgan fingerprint density at radius 1 is 1.05 bits per heavy atom. The van der Waals surface area contributed by atoms with Crippen molar-refractivity contribution in [1.29, 1.82) is 0 Å². The Morgan fingerprint density at radius 3 is 2.32 bits per heavy atom. The molecule has 0 saturated carbocycles. The van der Waals surface area contributed by atoms with Crippen molar-refractivity contribution < 1.29 is 4.74 Å². The van der Waals surface area contributed by atoms with Crippen LogP contribution in [-0.2, 0) is 0 Å². The number of nitrogens with one attached hydrogen (secondary N) is 1. The molecule has 2 aromatic rings. The van der Waals surface area contributed by atoms with Crippen molar-refractivity contribution in [2.24, 2.45) is 5.84 Å². The molecule has 0 aliphatic heterocycles. The molecule has 0 aliphatic rings. The van der Waals surface area contributed by atoms with Crippen molar-refractivity contribution in [3.8, 4) is 5.75 Å². The van der Waals surface area contributed by atoms with E-state index in [0.717, 1.165) is 11.3 Å². The third-order valence-corrected chi connectivity index (χ3v) is 4.35. The fourth-order valence-corrected chi connectivity index (χ4v) is 3.23. The Kier molecular flexibility index (Phi) is 4.24. The molecular formula is C15H20N2OS. The van der Waals surface area contributed by atoms with Crippen LogP contribution in [0, 0.1) is 20.8 Å². The van der Waals surface area contributed by atoms with E-state index in [4.69, 9.17) is 10.6 Å². The van der Waals surface area contributed by atoms with Crippen molar-refractivity contribution in [3.63, 3.8) is 0 Å². The van der Waals surface area contributed by atoms with Crippen molar-refractivity contribution in [2.45, 2.75) is 26.8 Å². The average molecular weight is 276 g/mol. The summed E-state index contributed by atoms with van der Waals surface area (Å²) in [7, 11) is 1.70. The van der Waals surface area contributed by atoms with Crippen LogP contribution in [0.1, 0.15) is 33.9 Å². The second-order valence-electron chi connectivity index (χ2n) is 4.79. The number of hydrogen-bond acceptors (Lipinski definition) is 4. The highest BCUT2D eigenvalue weighted by molar-refractivity contribution is 7.08. The van der Waals surface area contributed by atoms with Gasteiger partial charge >= 0.3 is 0 Å². The molecule has 3 N–H and O–H groups in total. The van der Waals surface area contributed by atoms with E-state index in [2.05, 4.69) is 49.1 Å². The van der Waals surface area contributed by atoms with Gasteiger partial charge in [0, 0.05) is 0 Å². The predicted molar refractivity (Wildman–Crippen MR) is 80.7 cm³/mol. The molecule has 2 rings (SSSR count). The first-order valence-electron chi connectivity index (χ1n) is 6.22. The van der Waals surface area contributed by atoms with Gasteiger partial charge in [-0.2, -0.15) is 11.3 Å². The van der Waals surface area contributed by atoms with Crippen LogP contribution in [0.3, 0.4) is 0 Å². The summed E-state index contributed by atoms with van der Waals surface area (Å²) in [6.45, 7) is 6.25. The van der Waals surface area contributed by atoms with Gasteiger partial charge in [0.1, 0.15) is 5.75 Å². The van der Waals surface area contributed by atoms with Gasteiger partial charge in [0.2, 0.25) is 0 Å². The number of rotatable bonds is 4. The molecule has 0 fully saturated rings. The first kappa shape index (κ1) is 14.1. The minimum atomic E-state index is 0.0239. The quantitative estimate of drug-likeness (QED) is 0.666. The van der Waals surface area contributed by atoms with Crippen LogP contribution in [-0.4, -0.2) is 7.11 Å². The Balaban J connectivity index is 2.50. The zero-order valence-corrected chi connectivity index (χ0v) is 12.6. The van der Waals surface area contributed by atoms with Crippen LogP contribution in [0.15, 0.2) is 22.9 Å². The smallest absolute Gasteiger partial charge is 0.122 e. The molecule has 0 saturated heterocycles. The van der Waals surface area contributed by atoms with Gasteiger partial charge in [0.25, 0.3) is 0 Å². The molecule has 0 aliphatic carbocycles. The average Bonchev–Trinajstić information content (AvgIpc) is 2.80. The molecule has 1 unspecified atom stereocenters. The van der Waals surface area contributed by atoms with E-state index in [1.165, 1.54) is 22.3 Å². The van der Waals surface area contributed by atoms with Gasteiger partial charge in [-0.3, -0.25) is 5.84 Å². The Hall–Kier alpha value is -1.36. The lowest BCUT2D eigenvalue weighted by molar-refractivity contribution is 0.411. The van der Waals surface area contributed by atoms with Crippen molar-refractivity contribution in [2.75, 3.05) is 7.11 Å². The van der Waals surface area contributed by atoms with Gasteiger partial charge in [-0.25, -0.2) is 5.43 Å². The molecule has 1 heterocycles. The highest BCUT2D eigenvalue weighted by Gasteiger charge is 2.18. The number of hydrazine groups is 1. The topological polar surface area (TPSA) is 47.3 Å². The zero-order valence-electron chi connectivity index (χ0n) is 11.8. The first-order chi connectivity index (χ1) is 9.08. The molecule has 4 heteroatoms. The van der Waals surface area contributed by atoms with E-state index in [9.17, 15) is 0 Å².